The van der Waals surface area contributed by atoms with Gasteiger partial charge >= 0.3 is 5.97 Å². The van der Waals surface area contributed by atoms with Crippen LogP contribution in [0.15, 0.2) is 11.4 Å². The summed E-state index contributed by atoms with van der Waals surface area (Å²) in [5, 5.41) is 21.7. The van der Waals surface area contributed by atoms with Crippen LogP contribution >= 0.6 is 11.3 Å². The first-order valence-corrected chi connectivity index (χ1v) is 5.70. The van der Waals surface area contributed by atoms with Crippen LogP contribution in [0.4, 0.5) is 0 Å². The summed E-state index contributed by atoms with van der Waals surface area (Å²) in [7, 11) is 1.57. The number of aliphatic carboxylic acids is 1. The fourth-order valence-corrected chi connectivity index (χ4v) is 2.19. The fraction of sp³-hybridized carbons (Fsp3) is 0.333. The van der Waals surface area contributed by atoms with Crippen molar-refractivity contribution in [3.8, 4) is 16.5 Å². The van der Waals surface area contributed by atoms with Crippen molar-refractivity contribution >= 4 is 17.3 Å². The summed E-state index contributed by atoms with van der Waals surface area (Å²) in [6.07, 6.45) is -0.0221. The van der Waals surface area contributed by atoms with E-state index in [1.807, 2.05) is 11.4 Å². The summed E-state index contributed by atoms with van der Waals surface area (Å²) in [5.41, 5.74) is 0. The Morgan fingerprint density at radius 3 is 3.18 bits per heavy atom. The van der Waals surface area contributed by atoms with E-state index in [1.165, 1.54) is 16.0 Å². The number of aryl methyl sites for hydroxylation is 1. The molecule has 0 saturated heterocycles. The fourth-order valence-electron chi connectivity index (χ4n) is 1.34. The average molecular weight is 254 g/mol. The number of nitrogens with zero attached hydrogens (tertiary/aromatic N) is 4. The lowest BCUT2D eigenvalue weighted by Gasteiger charge is -2.03. The van der Waals surface area contributed by atoms with E-state index < -0.39 is 5.97 Å². The van der Waals surface area contributed by atoms with Gasteiger partial charge in [0.05, 0.1) is 20.1 Å². The molecule has 7 nitrogen and oxygen atoms in total. The van der Waals surface area contributed by atoms with Crippen molar-refractivity contribution in [3.63, 3.8) is 0 Å². The van der Waals surface area contributed by atoms with E-state index in [-0.39, 0.29) is 13.0 Å². The van der Waals surface area contributed by atoms with Crippen molar-refractivity contribution in [1.82, 2.24) is 20.2 Å². The normalized spacial score (nSPS) is 10.4. The first-order chi connectivity index (χ1) is 8.22. The molecule has 0 bridgehead atoms. The zero-order chi connectivity index (χ0) is 12.3. The van der Waals surface area contributed by atoms with E-state index in [2.05, 4.69) is 15.5 Å². The maximum atomic E-state index is 10.5. The minimum Gasteiger partial charge on any atom is -0.495 e. The van der Waals surface area contributed by atoms with Crippen LogP contribution in [0.1, 0.15) is 6.42 Å². The number of aromatic nitrogens is 4. The van der Waals surface area contributed by atoms with E-state index in [1.54, 1.807) is 7.11 Å². The molecule has 90 valence electrons. The molecule has 2 heterocycles. The zero-order valence-corrected chi connectivity index (χ0v) is 9.85. The Hall–Kier alpha value is -1.96. The molecule has 2 rings (SSSR count). The summed E-state index contributed by atoms with van der Waals surface area (Å²) < 4.78 is 6.64. The molecule has 0 radical (unpaired) electrons. The SMILES string of the molecule is COc1ccsc1-c1nnnn1CCC(=O)O. The maximum Gasteiger partial charge on any atom is 0.305 e. The van der Waals surface area contributed by atoms with Crippen LogP contribution in [0.25, 0.3) is 10.7 Å². The molecule has 1 N–H and O–H groups in total. The van der Waals surface area contributed by atoms with Gasteiger partial charge in [-0.15, -0.1) is 16.4 Å². The third kappa shape index (κ3) is 2.41. The zero-order valence-electron chi connectivity index (χ0n) is 9.03. The van der Waals surface area contributed by atoms with Gasteiger partial charge in [-0.25, -0.2) is 4.68 Å². The first-order valence-electron chi connectivity index (χ1n) is 4.82. The molecular weight excluding hydrogens is 244 g/mol. The number of ether oxygens (including phenoxy) is 1. The van der Waals surface area contributed by atoms with Crippen molar-refractivity contribution < 1.29 is 14.6 Å². The van der Waals surface area contributed by atoms with Crippen LogP contribution in [0.5, 0.6) is 5.75 Å². The number of tetrazole rings is 1. The van der Waals surface area contributed by atoms with Crippen molar-refractivity contribution in [2.75, 3.05) is 7.11 Å². The molecule has 0 aliphatic carbocycles. The molecule has 17 heavy (non-hydrogen) atoms. The van der Waals surface area contributed by atoms with Crippen LogP contribution < -0.4 is 4.74 Å². The predicted octanol–water partition coefficient (Wildman–Crippen LogP) is 0.885. The first kappa shape index (κ1) is 11.5. The molecule has 0 aliphatic rings. The van der Waals surface area contributed by atoms with E-state index in [9.17, 15) is 4.79 Å². The summed E-state index contributed by atoms with van der Waals surface area (Å²) in [6.45, 7) is 0.235. The van der Waals surface area contributed by atoms with Gasteiger partial charge in [0, 0.05) is 0 Å². The monoisotopic (exact) mass is 254 g/mol. The van der Waals surface area contributed by atoms with Gasteiger partial charge < -0.3 is 9.84 Å². The smallest absolute Gasteiger partial charge is 0.305 e. The Morgan fingerprint density at radius 2 is 2.47 bits per heavy atom. The second kappa shape index (κ2) is 4.91. The van der Waals surface area contributed by atoms with E-state index >= 15 is 0 Å². The van der Waals surface area contributed by atoms with Gasteiger partial charge in [-0.2, -0.15) is 0 Å². The third-order valence-corrected chi connectivity index (χ3v) is 3.01. The molecular formula is C9H10N4O3S. The molecule has 8 heteroatoms. The Morgan fingerprint density at radius 1 is 1.65 bits per heavy atom. The topological polar surface area (TPSA) is 90.1 Å². The van der Waals surface area contributed by atoms with Gasteiger partial charge in [-0.05, 0) is 21.9 Å². The molecule has 0 saturated carbocycles. The molecule has 0 aliphatic heterocycles. The van der Waals surface area contributed by atoms with Crippen LogP contribution in [-0.4, -0.2) is 38.4 Å². The summed E-state index contributed by atoms with van der Waals surface area (Å²) in [4.78, 5) is 11.3. The van der Waals surface area contributed by atoms with Crippen molar-refractivity contribution in [1.29, 1.82) is 0 Å². The quantitative estimate of drug-likeness (QED) is 0.852. The van der Waals surface area contributed by atoms with Crippen molar-refractivity contribution in [2.24, 2.45) is 0 Å². The number of thiophene rings is 1. The third-order valence-electron chi connectivity index (χ3n) is 2.12. The van der Waals surface area contributed by atoms with Crippen molar-refractivity contribution in [2.45, 2.75) is 13.0 Å². The number of methoxy groups -OCH3 is 1. The standard InChI is InChI=1S/C9H10N4O3S/c1-16-6-3-5-17-8(6)9-10-11-12-13(9)4-2-7(14)15/h3,5H,2,4H2,1H3,(H,14,15). The predicted molar refractivity (Wildman–Crippen MR) is 59.9 cm³/mol. The van der Waals surface area contributed by atoms with Crippen LogP contribution in [0.2, 0.25) is 0 Å². The minimum atomic E-state index is -0.885. The van der Waals surface area contributed by atoms with Crippen molar-refractivity contribution in [3.05, 3.63) is 11.4 Å². The van der Waals surface area contributed by atoms with Crippen LogP contribution in [0.3, 0.4) is 0 Å². The highest BCUT2D eigenvalue weighted by Crippen LogP contribution is 2.33. The number of carbonyl (C=O) groups is 1. The van der Waals surface area contributed by atoms with Gasteiger partial charge in [-0.1, -0.05) is 0 Å². The van der Waals surface area contributed by atoms with Gasteiger partial charge in [0.1, 0.15) is 10.6 Å². The summed E-state index contributed by atoms with van der Waals surface area (Å²) >= 11 is 1.44. The van der Waals surface area contributed by atoms with E-state index in [4.69, 9.17) is 9.84 Å². The van der Waals surface area contributed by atoms with Gasteiger partial charge in [0.15, 0.2) is 5.82 Å². The number of rotatable bonds is 5. The molecule has 0 fully saturated rings. The van der Waals surface area contributed by atoms with Crippen LogP contribution in [-0.2, 0) is 11.3 Å². The number of hydrogen-bond donors (Lipinski definition) is 1. The summed E-state index contributed by atoms with van der Waals surface area (Å²) in [5.74, 6) is 0.323. The van der Waals surface area contributed by atoms with Gasteiger partial charge in [-0.3, -0.25) is 4.79 Å². The molecule has 2 aromatic heterocycles. The minimum absolute atomic E-state index is 0.0221. The second-order valence-corrected chi connectivity index (χ2v) is 4.10. The molecule has 0 aromatic carbocycles. The molecule has 0 spiro atoms. The lowest BCUT2D eigenvalue weighted by molar-refractivity contribution is -0.137. The molecule has 2 aromatic rings. The van der Waals surface area contributed by atoms with Gasteiger partial charge in [0.25, 0.3) is 0 Å². The largest absolute Gasteiger partial charge is 0.495 e. The summed E-state index contributed by atoms with van der Waals surface area (Å²) in [6, 6.07) is 1.82. The van der Waals surface area contributed by atoms with E-state index in [0.29, 0.717) is 11.6 Å². The highest BCUT2D eigenvalue weighted by molar-refractivity contribution is 7.13. The Kier molecular flexibility index (Phi) is 3.33. The number of hydrogen-bond acceptors (Lipinski definition) is 6. The Labute approximate surface area is 101 Å². The molecule has 0 unspecified atom stereocenters. The lowest BCUT2D eigenvalue weighted by atomic mass is 10.4. The highest BCUT2D eigenvalue weighted by atomic mass is 32.1. The highest BCUT2D eigenvalue weighted by Gasteiger charge is 2.15. The van der Waals surface area contributed by atoms with Crippen LogP contribution in [0, 0.1) is 0 Å². The Balaban J connectivity index is 2.27. The van der Waals surface area contributed by atoms with Gasteiger partial charge in [0.2, 0.25) is 0 Å². The Bertz CT molecular complexity index is 522. The van der Waals surface area contributed by atoms with E-state index in [0.717, 1.165) is 4.88 Å². The number of carboxylic acid groups (broad SMARTS) is 1. The second-order valence-electron chi connectivity index (χ2n) is 3.19. The molecule has 0 atom stereocenters. The maximum absolute atomic E-state index is 10.5. The lowest BCUT2D eigenvalue weighted by Crippen LogP contribution is -2.07. The number of carboxylic acids is 1. The molecule has 0 amide bonds. The average Bonchev–Trinajstić information content (AvgIpc) is 2.93.